The van der Waals surface area contributed by atoms with Crippen LogP contribution in [0.3, 0.4) is 0 Å². The van der Waals surface area contributed by atoms with Crippen molar-refractivity contribution in [1.82, 2.24) is 19.5 Å². The number of ether oxygens (including phenoxy) is 1. The number of epoxide rings is 1. The summed E-state index contributed by atoms with van der Waals surface area (Å²) in [6.07, 6.45) is 2.24. The number of benzene rings is 1. The Bertz CT molecular complexity index is 1220. The number of hydrogen-bond acceptors (Lipinski definition) is 8. The van der Waals surface area contributed by atoms with Crippen molar-refractivity contribution in [3.05, 3.63) is 58.3 Å². The second-order valence-electron chi connectivity index (χ2n) is 7.05. The third-order valence-electron chi connectivity index (χ3n) is 5.51. The van der Waals surface area contributed by atoms with E-state index in [1.54, 1.807) is 22.8 Å². The lowest BCUT2D eigenvalue weighted by Crippen LogP contribution is -2.39. The van der Waals surface area contributed by atoms with Crippen LogP contribution in [0.4, 0.5) is 0 Å². The normalized spacial score (nSPS) is 26.9. The van der Waals surface area contributed by atoms with Gasteiger partial charge in [-0.3, -0.25) is 10.1 Å². The van der Waals surface area contributed by atoms with Crippen molar-refractivity contribution in [2.75, 3.05) is 0 Å². The molecule has 1 saturated carbocycles. The first-order chi connectivity index (χ1) is 13.9. The minimum absolute atomic E-state index is 0.0741. The fourth-order valence-corrected chi connectivity index (χ4v) is 6.15. The van der Waals surface area contributed by atoms with Gasteiger partial charge in [0.25, 0.3) is 0 Å². The van der Waals surface area contributed by atoms with Gasteiger partial charge in [-0.2, -0.15) is 0 Å². The smallest absolute Gasteiger partial charge is 0.320 e. The van der Waals surface area contributed by atoms with Crippen LogP contribution in [0.5, 0.6) is 0 Å². The van der Waals surface area contributed by atoms with Crippen molar-refractivity contribution in [2.45, 2.75) is 34.9 Å². The molecule has 2 fully saturated rings. The van der Waals surface area contributed by atoms with Gasteiger partial charge in [0.05, 0.1) is 29.3 Å². The molecule has 0 bridgehead atoms. The van der Waals surface area contributed by atoms with E-state index in [4.69, 9.17) is 16.3 Å². The maximum absolute atomic E-state index is 13.0. The number of fused-ring (bicyclic) bond motifs is 2. The summed E-state index contributed by atoms with van der Waals surface area (Å²) < 4.78 is 33.4. The molecule has 2 aromatic heterocycles. The molecule has 1 aromatic carbocycles. The number of rotatable bonds is 5. The maximum Gasteiger partial charge on any atom is 0.320 e. The molecule has 2 aliphatic rings. The van der Waals surface area contributed by atoms with Gasteiger partial charge in [0.1, 0.15) is 17.9 Å². The average molecular weight is 436 g/mol. The summed E-state index contributed by atoms with van der Waals surface area (Å²) in [5.74, 6) is -0.792. The highest BCUT2D eigenvalue weighted by Gasteiger charge is 2.65. The zero-order chi connectivity index (χ0) is 20.3. The fraction of sp³-hybridized carbons (Fsp3) is 0.353. The van der Waals surface area contributed by atoms with E-state index >= 15 is 0 Å². The number of nitro groups is 1. The first-order valence-electron chi connectivity index (χ1n) is 8.80. The molecule has 0 amide bonds. The highest BCUT2D eigenvalue weighted by atomic mass is 35.5. The molecule has 5 rings (SSSR count). The quantitative estimate of drug-likeness (QED) is 0.256. The summed E-state index contributed by atoms with van der Waals surface area (Å²) in [5, 5.41) is 10.2. The molecule has 29 heavy (non-hydrogen) atoms. The molecule has 1 saturated heterocycles. The van der Waals surface area contributed by atoms with Crippen molar-refractivity contribution < 1.29 is 18.1 Å². The number of imidazole rings is 1. The highest BCUT2D eigenvalue weighted by Crippen LogP contribution is 2.53. The van der Waals surface area contributed by atoms with E-state index in [1.165, 1.54) is 24.8 Å². The Morgan fingerprint density at radius 1 is 1.21 bits per heavy atom. The molecule has 0 N–H and O–H groups in total. The minimum atomic E-state index is -4.18. The summed E-state index contributed by atoms with van der Waals surface area (Å²) in [6, 6.07) is 7.15. The van der Waals surface area contributed by atoms with Crippen LogP contribution in [-0.4, -0.2) is 50.4 Å². The Labute approximate surface area is 169 Å². The van der Waals surface area contributed by atoms with Crippen LogP contribution in [-0.2, 0) is 14.6 Å². The molecule has 1 unspecified atom stereocenters. The molecule has 150 valence electrons. The molecule has 12 heteroatoms. The Balaban J connectivity index is 1.51. The molecule has 5 atom stereocenters. The van der Waals surface area contributed by atoms with Crippen molar-refractivity contribution in [3.63, 3.8) is 0 Å². The van der Waals surface area contributed by atoms with Gasteiger partial charge in [-0.15, -0.1) is 0 Å². The Morgan fingerprint density at radius 3 is 2.69 bits per heavy atom. The van der Waals surface area contributed by atoms with Gasteiger partial charge in [0.15, 0.2) is 10.8 Å². The van der Waals surface area contributed by atoms with Crippen LogP contribution in [0.25, 0.3) is 11.2 Å². The topological polar surface area (TPSA) is 133 Å². The second kappa shape index (κ2) is 6.44. The number of aromatic nitrogens is 4. The Kier molecular flexibility index (Phi) is 4.09. The predicted octanol–water partition coefficient (Wildman–Crippen LogP) is 1.88. The van der Waals surface area contributed by atoms with Gasteiger partial charge in [-0.1, -0.05) is 29.8 Å². The predicted molar refractivity (Wildman–Crippen MR) is 101 cm³/mol. The first-order valence-corrected chi connectivity index (χ1v) is 10.7. The van der Waals surface area contributed by atoms with Crippen LogP contribution in [0, 0.1) is 16.0 Å². The van der Waals surface area contributed by atoms with Crippen molar-refractivity contribution >= 4 is 32.6 Å². The van der Waals surface area contributed by atoms with Gasteiger partial charge in [0.2, 0.25) is 9.84 Å². The van der Waals surface area contributed by atoms with Crippen LogP contribution in [0.2, 0.25) is 5.15 Å². The zero-order valence-corrected chi connectivity index (χ0v) is 16.3. The SMILES string of the molecule is O=[N+]([O-])C([C@H]1C[C@@H](n2cnc3c(Cl)ncnc32)[C@H]2O[C@H]21)S(=O)(=O)c1ccccc1. The molecule has 0 radical (unpaired) electrons. The molecule has 1 aliphatic heterocycles. The van der Waals surface area contributed by atoms with E-state index < -0.39 is 32.2 Å². The summed E-state index contributed by atoms with van der Waals surface area (Å²) in [5.41, 5.74) is 0.894. The van der Waals surface area contributed by atoms with Gasteiger partial charge < -0.3 is 9.30 Å². The van der Waals surface area contributed by atoms with Crippen LogP contribution in [0.1, 0.15) is 12.5 Å². The lowest BCUT2D eigenvalue weighted by Gasteiger charge is -2.20. The van der Waals surface area contributed by atoms with Crippen molar-refractivity contribution in [2.24, 2.45) is 5.92 Å². The average Bonchev–Trinajstić information content (AvgIpc) is 3.23. The van der Waals surface area contributed by atoms with E-state index in [0.29, 0.717) is 11.2 Å². The van der Waals surface area contributed by atoms with Gasteiger partial charge >= 0.3 is 5.37 Å². The molecule has 3 aromatic rings. The number of nitrogens with zero attached hydrogens (tertiary/aromatic N) is 5. The third-order valence-corrected chi connectivity index (χ3v) is 7.87. The molecule has 0 spiro atoms. The highest BCUT2D eigenvalue weighted by molar-refractivity contribution is 7.91. The summed E-state index contributed by atoms with van der Waals surface area (Å²) in [4.78, 5) is 23.3. The van der Waals surface area contributed by atoms with Crippen molar-refractivity contribution in [1.29, 1.82) is 0 Å². The lowest BCUT2D eigenvalue weighted by molar-refractivity contribution is -0.506. The monoisotopic (exact) mass is 435 g/mol. The maximum atomic E-state index is 13.0. The third kappa shape index (κ3) is 2.80. The summed E-state index contributed by atoms with van der Waals surface area (Å²) >= 11 is 6.05. The van der Waals surface area contributed by atoms with E-state index in [9.17, 15) is 18.5 Å². The number of sulfone groups is 1. The van der Waals surface area contributed by atoms with Gasteiger partial charge in [0, 0.05) is 4.92 Å². The molecule has 10 nitrogen and oxygen atoms in total. The first kappa shape index (κ1) is 18.4. The summed E-state index contributed by atoms with van der Waals surface area (Å²) in [7, 11) is -4.18. The molecular weight excluding hydrogens is 422 g/mol. The Morgan fingerprint density at radius 2 is 1.97 bits per heavy atom. The minimum Gasteiger partial charge on any atom is -0.367 e. The van der Waals surface area contributed by atoms with E-state index in [1.807, 2.05) is 0 Å². The van der Waals surface area contributed by atoms with E-state index in [-0.39, 0.29) is 28.6 Å². The van der Waals surface area contributed by atoms with Gasteiger partial charge in [-0.05, 0) is 18.6 Å². The second-order valence-corrected chi connectivity index (χ2v) is 9.46. The fourth-order valence-electron chi connectivity index (χ4n) is 4.20. The standard InChI is InChI=1S/C17H14ClN5O5S/c18-15-12-16(20-7-19-15)22(8-21-12)11-6-10(13-14(11)28-13)17(23(24)25)29(26,27)9-4-2-1-3-5-9/h1-5,7-8,10-11,13-14,17H,6H2/t10-,11+,13-,14+,17?/m0/s1. The number of halogens is 1. The molecular formula is C17H14ClN5O5S. The molecule has 3 heterocycles. The lowest BCUT2D eigenvalue weighted by atomic mass is 10.1. The van der Waals surface area contributed by atoms with E-state index in [0.717, 1.165) is 0 Å². The van der Waals surface area contributed by atoms with Crippen LogP contribution >= 0.6 is 11.6 Å². The van der Waals surface area contributed by atoms with Gasteiger partial charge in [-0.25, -0.2) is 23.4 Å². The zero-order valence-electron chi connectivity index (χ0n) is 14.7. The van der Waals surface area contributed by atoms with E-state index in [2.05, 4.69) is 15.0 Å². The van der Waals surface area contributed by atoms with Crippen LogP contribution < -0.4 is 0 Å². The Hall–Kier alpha value is -2.63. The summed E-state index contributed by atoms with van der Waals surface area (Å²) in [6.45, 7) is 0. The van der Waals surface area contributed by atoms with Crippen molar-refractivity contribution in [3.8, 4) is 0 Å². The number of hydrogen-bond donors (Lipinski definition) is 0. The van der Waals surface area contributed by atoms with Crippen LogP contribution in [0.15, 0.2) is 47.9 Å². The molecule has 1 aliphatic carbocycles. The largest absolute Gasteiger partial charge is 0.367 e.